The summed E-state index contributed by atoms with van der Waals surface area (Å²) in [6.45, 7) is 3.89. The molecule has 1 aliphatic carbocycles. The van der Waals surface area contributed by atoms with Gasteiger partial charge in [-0.15, -0.1) is 0 Å². The maximum absolute atomic E-state index is 12.8. The molecule has 1 aromatic heterocycles. The first-order chi connectivity index (χ1) is 15.5. The van der Waals surface area contributed by atoms with Crippen molar-refractivity contribution in [3.05, 3.63) is 59.7 Å². The average Bonchev–Trinajstić information content (AvgIpc) is 3.16. The molecule has 0 spiro atoms. The lowest BCUT2D eigenvalue weighted by atomic mass is 9.85. The van der Waals surface area contributed by atoms with Crippen LogP contribution in [0.15, 0.2) is 48.5 Å². The van der Waals surface area contributed by atoms with Gasteiger partial charge in [-0.3, -0.25) is 14.9 Å². The van der Waals surface area contributed by atoms with E-state index in [0.717, 1.165) is 42.3 Å². The van der Waals surface area contributed by atoms with Crippen LogP contribution in [0.1, 0.15) is 61.5 Å². The number of aromatic nitrogens is 2. The highest BCUT2D eigenvalue weighted by molar-refractivity contribution is 6.04. The van der Waals surface area contributed by atoms with E-state index in [1.165, 1.54) is 0 Å². The normalized spacial score (nSPS) is 18.6. The Bertz CT molecular complexity index is 1100. The third kappa shape index (κ3) is 4.67. The predicted molar refractivity (Wildman–Crippen MR) is 124 cm³/mol. The van der Waals surface area contributed by atoms with E-state index in [4.69, 9.17) is 4.98 Å². The minimum absolute atomic E-state index is 0.0128. The molecule has 1 saturated carbocycles. The van der Waals surface area contributed by atoms with Gasteiger partial charge >= 0.3 is 0 Å². The number of fused-ring (bicyclic) bond motifs is 1. The first-order valence-corrected chi connectivity index (χ1v) is 11.2. The molecule has 1 fully saturated rings. The van der Waals surface area contributed by atoms with Crippen molar-refractivity contribution in [2.24, 2.45) is 5.92 Å². The molecular formula is C25H30N4O3. The van der Waals surface area contributed by atoms with E-state index in [1.807, 2.05) is 50.2 Å². The van der Waals surface area contributed by atoms with E-state index >= 15 is 0 Å². The second kappa shape index (κ2) is 9.53. The fraction of sp³-hybridized carbons (Fsp3) is 0.400. The van der Waals surface area contributed by atoms with Gasteiger partial charge in [-0.2, -0.15) is 0 Å². The summed E-state index contributed by atoms with van der Waals surface area (Å²) in [7, 11) is 0. The smallest absolute Gasteiger partial charge is 0.257 e. The molecule has 0 saturated heterocycles. The van der Waals surface area contributed by atoms with Crippen molar-refractivity contribution in [3.63, 3.8) is 0 Å². The second-order valence-corrected chi connectivity index (χ2v) is 8.78. The molecule has 2 amide bonds. The maximum Gasteiger partial charge on any atom is 0.257 e. The van der Waals surface area contributed by atoms with Gasteiger partial charge in [0.05, 0.1) is 17.6 Å². The summed E-state index contributed by atoms with van der Waals surface area (Å²) >= 11 is 0. The van der Waals surface area contributed by atoms with Gasteiger partial charge in [-0.05, 0) is 69.4 Å². The van der Waals surface area contributed by atoms with Crippen molar-refractivity contribution in [3.8, 4) is 0 Å². The molecule has 1 heterocycles. The van der Waals surface area contributed by atoms with E-state index in [1.54, 1.807) is 12.1 Å². The fourth-order valence-electron chi connectivity index (χ4n) is 4.46. The molecule has 0 bridgehead atoms. The largest absolute Gasteiger partial charge is 0.392 e. The lowest BCUT2D eigenvalue weighted by molar-refractivity contribution is -0.126. The first kappa shape index (κ1) is 22.0. The quantitative estimate of drug-likeness (QED) is 0.546. The fourth-order valence-corrected chi connectivity index (χ4v) is 4.46. The van der Waals surface area contributed by atoms with Crippen LogP contribution < -0.4 is 10.6 Å². The van der Waals surface area contributed by atoms with Gasteiger partial charge in [0.2, 0.25) is 11.9 Å². The van der Waals surface area contributed by atoms with Crippen LogP contribution in [0.2, 0.25) is 0 Å². The van der Waals surface area contributed by atoms with E-state index in [-0.39, 0.29) is 36.4 Å². The summed E-state index contributed by atoms with van der Waals surface area (Å²) in [4.78, 5) is 30.0. The topological polar surface area (TPSA) is 96.3 Å². The van der Waals surface area contributed by atoms with Crippen molar-refractivity contribution in [1.29, 1.82) is 0 Å². The van der Waals surface area contributed by atoms with Gasteiger partial charge < -0.3 is 15.0 Å². The van der Waals surface area contributed by atoms with E-state index in [0.29, 0.717) is 11.5 Å². The van der Waals surface area contributed by atoms with Gasteiger partial charge in [-0.1, -0.05) is 24.3 Å². The van der Waals surface area contributed by atoms with Gasteiger partial charge in [0, 0.05) is 23.6 Å². The molecule has 168 valence electrons. The van der Waals surface area contributed by atoms with Gasteiger partial charge in [0.1, 0.15) is 0 Å². The molecule has 0 radical (unpaired) electrons. The number of carbonyl (C=O) groups is 2. The Kier molecular flexibility index (Phi) is 6.55. The Labute approximate surface area is 187 Å². The van der Waals surface area contributed by atoms with Crippen molar-refractivity contribution in [2.45, 2.75) is 58.2 Å². The first-order valence-electron chi connectivity index (χ1n) is 11.2. The van der Waals surface area contributed by atoms with Crippen LogP contribution in [0, 0.1) is 5.92 Å². The molecule has 0 atom stereocenters. The zero-order valence-corrected chi connectivity index (χ0v) is 18.5. The molecule has 3 aromatic rings. The Hall–Kier alpha value is -3.19. The summed E-state index contributed by atoms with van der Waals surface area (Å²) < 4.78 is 2.08. The highest BCUT2D eigenvalue weighted by atomic mass is 16.3. The highest BCUT2D eigenvalue weighted by Crippen LogP contribution is 2.37. The number of hydrogen-bond acceptors (Lipinski definition) is 4. The zero-order chi connectivity index (χ0) is 22.7. The Morgan fingerprint density at radius 3 is 2.47 bits per heavy atom. The van der Waals surface area contributed by atoms with Crippen molar-refractivity contribution < 1.29 is 14.7 Å². The Morgan fingerprint density at radius 2 is 1.81 bits per heavy atom. The summed E-state index contributed by atoms with van der Waals surface area (Å²) in [5, 5.41) is 15.6. The number of anilines is 1. The van der Waals surface area contributed by atoms with Crippen LogP contribution >= 0.6 is 0 Å². The van der Waals surface area contributed by atoms with E-state index in [9.17, 15) is 14.7 Å². The number of aliphatic hydroxyl groups excluding tert-OH is 1. The molecule has 0 aliphatic heterocycles. The summed E-state index contributed by atoms with van der Waals surface area (Å²) in [6, 6.07) is 15.0. The monoisotopic (exact) mass is 434 g/mol. The number of rotatable bonds is 6. The van der Waals surface area contributed by atoms with Crippen LogP contribution in [0.4, 0.5) is 5.95 Å². The number of nitrogens with zero attached hydrogens (tertiary/aromatic N) is 2. The number of benzene rings is 2. The third-order valence-electron chi connectivity index (χ3n) is 6.06. The Balaban J connectivity index is 1.62. The molecular weight excluding hydrogens is 404 g/mol. The molecule has 0 unspecified atom stereocenters. The van der Waals surface area contributed by atoms with Crippen LogP contribution in [-0.4, -0.2) is 32.5 Å². The van der Waals surface area contributed by atoms with Gasteiger partial charge in [0.15, 0.2) is 0 Å². The van der Waals surface area contributed by atoms with E-state index in [2.05, 4.69) is 15.2 Å². The van der Waals surface area contributed by atoms with Crippen molar-refractivity contribution in [1.82, 2.24) is 14.9 Å². The minimum atomic E-state index is -0.213. The van der Waals surface area contributed by atoms with Crippen LogP contribution in [0.25, 0.3) is 11.0 Å². The lowest BCUT2D eigenvalue weighted by Crippen LogP contribution is -2.37. The number of nitrogens with one attached hydrogen (secondary N) is 2. The molecule has 4 rings (SSSR count). The highest BCUT2D eigenvalue weighted by Gasteiger charge is 2.30. The minimum Gasteiger partial charge on any atom is -0.392 e. The number of aliphatic hydroxyl groups is 1. The zero-order valence-electron chi connectivity index (χ0n) is 18.5. The van der Waals surface area contributed by atoms with Crippen molar-refractivity contribution >= 4 is 28.8 Å². The molecule has 7 nitrogen and oxygen atoms in total. The standard InChI is InChI=1S/C25H30N4O3/c1-16(2)26-23(31)19-9-11-20(12-10-19)29-22-14-17(15-30)8-13-21(22)27-25(29)28-24(32)18-6-4-3-5-7-18/h3-8,13-14,16,19-20,30H,9-12,15H2,1-2H3,(H,26,31)(H,27,28,32). The summed E-state index contributed by atoms with van der Waals surface area (Å²) in [5.74, 6) is 0.418. The molecule has 7 heteroatoms. The molecule has 1 aliphatic rings. The van der Waals surface area contributed by atoms with Crippen molar-refractivity contribution in [2.75, 3.05) is 5.32 Å². The second-order valence-electron chi connectivity index (χ2n) is 8.78. The molecule has 3 N–H and O–H groups in total. The van der Waals surface area contributed by atoms with Crippen LogP contribution in [0.3, 0.4) is 0 Å². The molecule has 32 heavy (non-hydrogen) atoms. The average molecular weight is 435 g/mol. The van der Waals surface area contributed by atoms with Gasteiger partial charge in [0.25, 0.3) is 5.91 Å². The SMILES string of the molecule is CC(C)NC(=O)C1CCC(n2c(NC(=O)c3ccccc3)nc3ccc(CO)cc32)CC1. The summed E-state index contributed by atoms with van der Waals surface area (Å²) in [6.07, 6.45) is 3.21. The number of carbonyl (C=O) groups excluding carboxylic acids is 2. The van der Waals surface area contributed by atoms with Crippen LogP contribution in [-0.2, 0) is 11.4 Å². The maximum atomic E-state index is 12.8. The number of imidazole rings is 1. The predicted octanol–water partition coefficient (Wildman–Crippen LogP) is 4.04. The summed E-state index contributed by atoms with van der Waals surface area (Å²) in [5.41, 5.74) is 3.01. The number of amides is 2. The van der Waals surface area contributed by atoms with Gasteiger partial charge in [-0.25, -0.2) is 4.98 Å². The van der Waals surface area contributed by atoms with Crippen LogP contribution in [0.5, 0.6) is 0 Å². The third-order valence-corrected chi connectivity index (χ3v) is 6.06. The Morgan fingerprint density at radius 1 is 1.09 bits per heavy atom. The van der Waals surface area contributed by atoms with E-state index < -0.39 is 0 Å². The number of hydrogen-bond donors (Lipinski definition) is 3. The lowest BCUT2D eigenvalue weighted by Gasteiger charge is -2.30. The molecule has 2 aromatic carbocycles.